The second kappa shape index (κ2) is 7.28. The number of nitrogens with one attached hydrogen (secondary N) is 2. The fraction of sp³-hybridized carbons (Fsp3) is 0.385. The van der Waals surface area contributed by atoms with Gasteiger partial charge in [0.15, 0.2) is 5.13 Å². The molecule has 2 rings (SSSR count). The molecule has 1 atom stereocenters. The highest BCUT2D eigenvalue weighted by atomic mass is 32.1. The van der Waals surface area contributed by atoms with Gasteiger partial charge in [-0.1, -0.05) is 13.8 Å². The lowest BCUT2D eigenvalue weighted by molar-refractivity contribution is -0.118. The Balaban J connectivity index is 2.03. The van der Waals surface area contributed by atoms with Gasteiger partial charge in [0.25, 0.3) is 5.91 Å². The van der Waals surface area contributed by atoms with Crippen molar-refractivity contribution in [3.63, 3.8) is 0 Å². The van der Waals surface area contributed by atoms with Gasteiger partial charge in [-0.15, -0.1) is 22.7 Å². The third-order valence-corrected chi connectivity index (χ3v) is 3.93. The highest BCUT2D eigenvalue weighted by Crippen LogP contribution is 2.13. The molecule has 2 N–H and O–H groups in total. The molecule has 2 amide bonds. The molecule has 0 spiro atoms. The molecule has 21 heavy (non-hydrogen) atoms. The van der Waals surface area contributed by atoms with E-state index in [1.807, 2.05) is 13.8 Å². The summed E-state index contributed by atoms with van der Waals surface area (Å²) in [5.74, 6) is -0.328. The molecular formula is C13H16N4O2S2. The number of rotatable bonds is 6. The Morgan fingerprint density at radius 3 is 2.71 bits per heavy atom. The summed E-state index contributed by atoms with van der Waals surface area (Å²) in [5.41, 5.74) is 1.91. The van der Waals surface area contributed by atoms with Crippen LogP contribution in [-0.4, -0.2) is 27.8 Å². The summed E-state index contributed by atoms with van der Waals surface area (Å²) < 4.78 is 0. The molecule has 112 valence electrons. The van der Waals surface area contributed by atoms with Crippen molar-refractivity contribution >= 4 is 39.6 Å². The molecule has 0 saturated carbocycles. The molecular weight excluding hydrogens is 308 g/mol. The fourth-order valence-electron chi connectivity index (χ4n) is 1.74. The number of aromatic nitrogens is 2. The maximum atomic E-state index is 12.3. The zero-order valence-electron chi connectivity index (χ0n) is 11.7. The number of thiazole rings is 2. The molecule has 6 nitrogen and oxygen atoms in total. The van der Waals surface area contributed by atoms with Gasteiger partial charge in [0, 0.05) is 17.0 Å². The van der Waals surface area contributed by atoms with Crippen molar-refractivity contribution in [1.29, 1.82) is 0 Å². The van der Waals surface area contributed by atoms with E-state index in [-0.39, 0.29) is 17.7 Å². The van der Waals surface area contributed by atoms with Gasteiger partial charge in [-0.05, 0) is 12.3 Å². The van der Waals surface area contributed by atoms with Crippen LogP contribution in [0.25, 0.3) is 0 Å². The van der Waals surface area contributed by atoms with Crippen molar-refractivity contribution in [3.8, 4) is 0 Å². The smallest absolute Gasteiger partial charge is 0.271 e. The quantitative estimate of drug-likeness (QED) is 0.854. The summed E-state index contributed by atoms with van der Waals surface area (Å²) in [5, 5.41) is 9.40. The summed E-state index contributed by atoms with van der Waals surface area (Å²) in [6.45, 7) is 4.00. The Labute approximate surface area is 130 Å². The monoisotopic (exact) mass is 324 g/mol. The van der Waals surface area contributed by atoms with Gasteiger partial charge in [-0.2, -0.15) is 0 Å². The number of carbonyl (C=O) groups excluding carboxylic acids is 2. The minimum Gasteiger partial charge on any atom is -0.339 e. The normalized spacial score (nSPS) is 12.1. The predicted molar refractivity (Wildman–Crippen MR) is 83.6 cm³/mol. The molecule has 0 aliphatic rings. The number of nitrogens with zero attached hydrogens (tertiary/aromatic N) is 2. The summed E-state index contributed by atoms with van der Waals surface area (Å²) in [4.78, 5) is 32.3. The molecule has 0 bridgehead atoms. The van der Waals surface area contributed by atoms with E-state index >= 15 is 0 Å². The van der Waals surface area contributed by atoms with Crippen LogP contribution in [-0.2, 0) is 4.79 Å². The largest absolute Gasteiger partial charge is 0.339 e. The van der Waals surface area contributed by atoms with Gasteiger partial charge in [0.05, 0.1) is 5.51 Å². The van der Waals surface area contributed by atoms with Crippen molar-refractivity contribution < 1.29 is 9.59 Å². The first-order chi connectivity index (χ1) is 10.1. The molecule has 2 heterocycles. The number of hydrogen-bond donors (Lipinski definition) is 2. The van der Waals surface area contributed by atoms with E-state index in [9.17, 15) is 9.59 Å². The van der Waals surface area contributed by atoms with Crippen LogP contribution in [0.3, 0.4) is 0 Å². The molecule has 0 radical (unpaired) electrons. The molecule has 0 fully saturated rings. The lowest BCUT2D eigenvalue weighted by Crippen LogP contribution is -2.44. The maximum Gasteiger partial charge on any atom is 0.271 e. The van der Waals surface area contributed by atoms with Crippen molar-refractivity contribution in [2.75, 3.05) is 5.32 Å². The Kier molecular flexibility index (Phi) is 5.40. The van der Waals surface area contributed by atoms with E-state index in [0.29, 0.717) is 17.2 Å². The van der Waals surface area contributed by atoms with Crippen molar-refractivity contribution in [1.82, 2.24) is 15.3 Å². The second-order valence-electron chi connectivity index (χ2n) is 4.86. The van der Waals surface area contributed by atoms with Gasteiger partial charge in [0.2, 0.25) is 5.91 Å². The minimum absolute atomic E-state index is 0.262. The standard InChI is InChI=1S/C13H16N4O2S2/c1-8(2)5-9(11(18)17-13-14-3-4-21-13)16-12(19)10-6-20-7-15-10/h3-4,6-9H,5H2,1-2H3,(H,16,19)(H,14,17,18)/t9-/m1/s1. The summed E-state index contributed by atoms with van der Waals surface area (Å²) in [6, 6.07) is -0.608. The zero-order chi connectivity index (χ0) is 15.2. The highest BCUT2D eigenvalue weighted by Gasteiger charge is 2.23. The van der Waals surface area contributed by atoms with Crippen LogP contribution in [0.2, 0.25) is 0 Å². The lowest BCUT2D eigenvalue weighted by Gasteiger charge is -2.19. The van der Waals surface area contributed by atoms with E-state index in [0.717, 1.165) is 0 Å². The van der Waals surface area contributed by atoms with Crippen LogP contribution in [0.1, 0.15) is 30.8 Å². The number of hydrogen-bond acceptors (Lipinski definition) is 6. The molecule has 0 unspecified atom stereocenters. The van der Waals surface area contributed by atoms with E-state index < -0.39 is 6.04 Å². The first kappa shape index (κ1) is 15.6. The van der Waals surface area contributed by atoms with Crippen LogP contribution in [0, 0.1) is 5.92 Å². The van der Waals surface area contributed by atoms with Crippen LogP contribution in [0.5, 0.6) is 0 Å². The van der Waals surface area contributed by atoms with Gasteiger partial charge in [-0.3, -0.25) is 9.59 Å². The third kappa shape index (κ3) is 4.61. The Bertz CT molecular complexity index is 581. The van der Waals surface area contributed by atoms with Crippen molar-refractivity contribution in [3.05, 3.63) is 28.2 Å². The Morgan fingerprint density at radius 1 is 1.33 bits per heavy atom. The van der Waals surface area contributed by atoms with E-state index in [4.69, 9.17) is 0 Å². The van der Waals surface area contributed by atoms with Gasteiger partial charge < -0.3 is 10.6 Å². The van der Waals surface area contributed by atoms with Crippen LogP contribution in [0.15, 0.2) is 22.5 Å². The third-order valence-electron chi connectivity index (χ3n) is 2.66. The number of anilines is 1. The average molecular weight is 324 g/mol. The summed E-state index contributed by atoms with van der Waals surface area (Å²) in [7, 11) is 0. The SMILES string of the molecule is CC(C)C[C@@H](NC(=O)c1cscn1)C(=O)Nc1nccs1. The molecule has 8 heteroatoms. The Morgan fingerprint density at radius 2 is 2.14 bits per heavy atom. The van der Waals surface area contributed by atoms with Crippen LogP contribution < -0.4 is 10.6 Å². The summed E-state index contributed by atoms with van der Waals surface area (Å²) >= 11 is 2.68. The van der Waals surface area contributed by atoms with E-state index in [1.165, 1.54) is 22.7 Å². The first-order valence-electron chi connectivity index (χ1n) is 6.45. The van der Waals surface area contributed by atoms with Gasteiger partial charge in [0.1, 0.15) is 11.7 Å². The topological polar surface area (TPSA) is 84.0 Å². The highest BCUT2D eigenvalue weighted by molar-refractivity contribution is 7.13. The molecule has 2 aromatic heterocycles. The average Bonchev–Trinajstić information content (AvgIpc) is 3.10. The van der Waals surface area contributed by atoms with E-state index in [2.05, 4.69) is 20.6 Å². The van der Waals surface area contributed by atoms with Crippen molar-refractivity contribution in [2.45, 2.75) is 26.3 Å². The summed E-state index contributed by atoms with van der Waals surface area (Å²) in [6.07, 6.45) is 2.17. The first-order valence-corrected chi connectivity index (χ1v) is 8.28. The second-order valence-corrected chi connectivity index (χ2v) is 6.47. The molecule has 0 aliphatic heterocycles. The van der Waals surface area contributed by atoms with Gasteiger partial charge >= 0.3 is 0 Å². The Hall–Kier alpha value is -1.80. The lowest BCUT2D eigenvalue weighted by atomic mass is 10.0. The van der Waals surface area contributed by atoms with Crippen LogP contribution in [0.4, 0.5) is 5.13 Å². The molecule has 2 aromatic rings. The molecule has 0 aliphatic carbocycles. The number of carbonyl (C=O) groups is 2. The number of amides is 2. The zero-order valence-corrected chi connectivity index (χ0v) is 13.3. The fourth-order valence-corrected chi connectivity index (χ4v) is 2.80. The van der Waals surface area contributed by atoms with Crippen LogP contribution >= 0.6 is 22.7 Å². The molecule has 0 aromatic carbocycles. The minimum atomic E-state index is -0.608. The van der Waals surface area contributed by atoms with Gasteiger partial charge in [-0.25, -0.2) is 9.97 Å². The maximum absolute atomic E-state index is 12.3. The predicted octanol–water partition coefficient (Wildman–Crippen LogP) is 2.38. The molecule has 0 saturated heterocycles. The van der Waals surface area contributed by atoms with Crippen molar-refractivity contribution in [2.24, 2.45) is 5.92 Å². The van der Waals surface area contributed by atoms with E-state index in [1.54, 1.807) is 22.5 Å².